The van der Waals surface area contributed by atoms with Crippen molar-refractivity contribution in [1.82, 2.24) is 14.6 Å². The Morgan fingerprint density at radius 1 is 1.21 bits per heavy atom. The van der Waals surface area contributed by atoms with Crippen LogP contribution in [-0.4, -0.2) is 41.6 Å². The first-order valence-corrected chi connectivity index (χ1v) is 10.1. The molecule has 0 aliphatic heterocycles. The number of pyridine rings is 1. The van der Waals surface area contributed by atoms with Crippen LogP contribution >= 0.6 is 0 Å². The van der Waals surface area contributed by atoms with E-state index < -0.39 is 20.9 Å². The van der Waals surface area contributed by atoms with Crippen LogP contribution in [0.25, 0.3) is 0 Å². The van der Waals surface area contributed by atoms with Crippen LogP contribution in [0.2, 0.25) is 0 Å². The fraction of sp³-hybridized carbons (Fsp3) is 0.333. The molecule has 9 nitrogen and oxygen atoms in total. The van der Waals surface area contributed by atoms with Crippen molar-refractivity contribution < 1.29 is 18.1 Å². The van der Waals surface area contributed by atoms with Gasteiger partial charge in [0.15, 0.2) is 0 Å². The standard InChI is InChI=1S/C18H22N4O5S/c1-4-21(5-2)28(26,27)16-8-6-14(7-9-16)11-20-18(23)17-10-15(22(24)25)12-19-13(17)3/h6-10,12H,4-5,11H2,1-3H3,(H,20,23). The second-order valence-corrected chi connectivity index (χ2v) is 7.94. The highest BCUT2D eigenvalue weighted by Crippen LogP contribution is 2.17. The van der Waals surface area contributed by atoms with E-state index in [1.807, 2.05) is 0 Å². The van der Waals surface area contributed by atoms with Gasteiger partial charge in [-0.3, -0.25) is 19.9 Å². The van der Waals surface area contributed by atoms with Gasteiger partial charge in [0.25, 0.3) is 11.6 Å². The molecule has 150 valence electrons. The van der Waals surface area contributed by atoms with E-state index in [9.17, 15) is 23.3 Å². The summed E-state index contributed by atoms with van der Waals surface area (Å²) in [5, 5.41) is 13.5. The van der Waals surface area contributed by atoms with Crippen LogP contribution in [0.5, 0.6) is 0 Å². The van der Waals surface area contributed by atoms with Crippen molar-refractivity contribution in [2.45, 2.75) is 32.2 Å². The highest BCUT2D eigenvalue weighted by atomic mass is 32.2. The number of nitro groups is 1. The highest BCUT2D eigenvalue weighted by molar-refractivity contribution is 7.89. The number of nitrogens with one attached hydrogen (secondary N) is 1. The molecule has 0 saturated carbocycles. The molecule has 0 radical (unpaired) electrons. The summed E-state index contributed by atoms with van der Waals surface area (Å²) in [6.07, 6.45) is 1.10. The van der Waals surface area contributed by atoms with Crippen molar-refractivity contribution in [2.75, 3.05) is 13.1 Å². The summed E-state index contributed by atoms with van der Waals surface area (Å²) in [4.78, 5) is 26.6. The first kappa shape index (κ1) is 21.5. The molecule has 1 amide bonds. The smallest absolute Gasteiger partial charge is 0.288 e. The van der Waals surface area contributed by atoms with E-state index in [1.165, 1.54) is 22.5 Å². The van der Waals surface area contributed by atoms with E-state index in [2.05, 4.69) is 10.3 Å². The van der Waals surface area contributed by atoms with Gasteiger partial charge in [-0.15, -0.1) is 0 Å². The Morgan fingerprint density at radius 3 is 2.36 bits per heavy atom. The average Bonchev–Trinajstić information content (AvgIpc) is 2.67. The molecule has 0 spiro atoms. The normalized spacial score (nSPS) is 11.4. The first-order valence-electron chi connectivity index (χ1n) is 8.69. The van der Waals surface area contributed by atoms with Gasteiger partial charge in [0.1, 0.15) is 6.20 Å². The van der Waals surface area contributed by atoms with Gasteiger partial charge in [0.05, 0.1) is 21.1 Å². The van der Waals surface area contributed by atoms with E-state index in [1.54, 1.807) is 32.9 Å². The Balaban J connectivity index is 2.11. The number of nitrogens with zero attached hydrogens (tertiary/aromatic N) is 3. The van der Waals surface area contributed by atoms with E-state index in [0.717, 1.165) is 6.20 Å². The van der Waals surface area contributed by atoms with E-state index in [-0.39, 0.29) is 22.7 Å². The summed E-state index contributed by atoms with van der Waals surface area (Å²) in [7, 11) is -3.54. The number of aromatic nitrogens is 1. The molecule has 0 saturated heterocycles. The van der Waals surface area contributed by atoms with Crippen LogP contribution in [0, 0.1) is 17.0 Å². The largest absolute Gasteiger partial charge is 0.348 e. The van der Waals surface area contributed by atoms with E-state index in [4.69, 9.17) is 0 Å². The molecule has 0 atom stereocenters. The number of carbonyl (C=O) groups is 1. The lowest BCUT2D eigenvalue weighted by atomic mass is 10.1. The second kappa shape index (κ2) is 8.89. The molecule has 0 aliphatic carbocycles. The summed E-state index contributed by atoms with van der Waals surface area (Å²) in [5.74, 6) is -0.492. The van der Waals surface area contributed by atoms with Gasteiger partial charge >= 0.3 is 0 Å². The molecule has 0 fully saturated rings. The Hall–Kier alpha value is -2.85. The third-order valence-electron chi connectivity index (χ3n) is 4.25. The fourth-order valence-corrected chi connectivity index (χ4v) is 4.08. The van der Waals surface area contributed by atoms with Crippen LogP contribution in [0.3, 0.4) is 0 Å². The Bertz CT molecular complexity index is 970. The predicted octanol–water partition coefficient (Wildman–Crippen LogP) is 2.26. The number of sulfonamides is 1. The summed E-state index contributed by atoms with van der Waals surface area (Å²) in [5.41, 5.74) is 0.934. The third kappa shape index (κ3) is 4.70. The molecule has 1 heterocycles. The average molecular weight is 406 g/mol. The molecule has 0 unspecified atom stereocenters. The number of benzene rings is 1. The van der Waals surface area contributed by atoms with Gasteiger partial charge < -0.3 is 5.32 Å². The molecule has 10 heteroatoms. The summed E-state index contributed by atoms with van der Waals surface area (Å²) < 4.78 is 26.3. The number of aryl methyl sites for hydroxylation is 1. The zero-order chi connectivity index (χ0) is 20.9. The van der Waals surface area contributed by atoms with Gasteiger partial charge in [0.2, 0.25) is 10.0 Å². The van der Waals surface area contributed by atoms with Crippen molar-refractivity contribution in [2.24, 2.45) is 0 Å². The zero-order valence-corrected chi connectivity index (χ0v) is 16.7. The van der Waals surface area contributed by atoms with Crippen molar-refractivity contribution in [3.8, 4) is 0 Å². The topological polar surface area (TPSA) is 123 Å². The molecular weight excluding hydrogens is 384 g/mol. The summed E-state index contributed by atoms with van der Waals surface area (Å²) in [6.45, 7) is 6.05. The van der Waals surface area contributed by atoms with Crippen LogP contribution in [-0.2, 0) is 16.6 Å². The van der Waals surface area contributed by atoms with Crippen LogP contribution in [0.4, 0.5) is 5.69 Å². The maximum atomic E-state index is 12.5. The minimum atomic E-state index is -3.54. The maximum Gasteiger partial charge on any atom is 0.288 e. The van der Waals surface area contributed by atoms with Crippen molar-refractivity contribution in [1.29, 1.82) is 0 Å². The van der Waals surface area contributed by atoms with Gasteiger partial charge in [0, 0.05) is 25.7 Å². The lowest BCUT2D eigenvalue weighted by Crippen LogP contribution is -2.30. The Kier molecular flexibility index (Phi) is 6.81. The second-order valence-electron chi connectivity index (χ2n) is 6.00. The Labute approximate surface area is 163 Å². The lowest BCUT2D eigenvalue weighted by Gasteiger charge is -2.18. The lowest BCUT2D eigenvalue weighted by molar-refractivity contribution is -0.385. The van der Waals surface area contributed by atoms with Crippen LogP contribution in [0.1, 0.15) is 35.5 Å². The molecular formula is C18H22N4O5S. The van der Waals surface area contributed by atoms with E-state index >= 15 is 0 Å². The molecule has 1 aromatic heterocycles. The predicted molar refractivity (Wildman–Crippen MR) is 103 cm³/mol. The monoisotopic (exact) mass is 406 g/mol. The van der Waals surface area contributed by atoms with Gasteiger partial charge in [-0.1, -0.05) is 26.0 Å². The quantitative estimate of drug-likeness (QED) is 0.530. The minimum absolute atomic E-state index is 0.120. The van der Waals surface area contributed by atoms with Gasteiger partial charge in [-0.05, 0) is 24.6 Å². The molecule has 0 aliphatic rings. The Morgan fingerprint density at radius 2 is 1.82 bits per heavy atom. The third-order valence-corrected chi connectivity index (χ3v) is 6.31. The number of hydrogen-bond acceptors (Lipinski definition) is 6. The number of rotatable bonds is 8. The zero-order valence-electron chi connectivity index (χ0n) is 15.9. The SMILES string of the molecule is CCN(CC)S(=O)(=O)c1ccc(CNC(=O)c2cc([N+](=O)[O-])cnc2C)cc1. The number of hydrogen-bond donors (Lipinski definition) is 1. The fourth-order valence-electron chi connectivity index (χ4n) is 2.62. The van der Waals surface area contributed by atoms with E-state index in [0.29, 0.717) is 24.3 Å². The molecule has 2 aromatic rings. The number of amides is 1. The van der Waals surface area contributed by atoms with Gasteiger partial charge in [-0.25, -0.2) is 8.42 Å². The molecule has 1 N–H and O–H groups in total. The molecule has 2 rings (SSSR count). The van der Waals surface area contributed by atoms with Crippen LogP contribution in [0.15, 0.2) is 41.4 Å². The maximum absolute atomic E-state index is 12.5. The first-order chi connectivity index (χ1) is 13.2. The number of carbonyl (C=O) groups excluding carboxylic acids is 1. The van der Waals surface area contributed by atoms with Crippen molar-refractivity contribution in [3.05, 3.63) is 63.5 Å². The van der Waals surface area contributed by atoms with Crippen LogP contribution < -0.4 is 5.32 Å². The molecule has 1 aromatic carbocycles. The van der Waals surface area contributed by atoms with Crippen molar-refractivity contribution >= 4 is 21.6 Å². The summed E-state index contributed by atoms with van der Waals surface area (Å²) >= 11 is 0. The minimum Gasteiger partial charge on any atom is -0.348 e. The van der Waals surface area contributed by atoms with Gasteiger partial charge in [-0.2, -0.15) is 4.31 Å². The highest BCUT2D eigenvalue weighted by Gasteiger charge is 2.21. The van der Waals surface area contributed by atoms with Crippen molar-refractivity contribution in [3.63, 3.8) is 0 Å². The molecule has 0 bridgehead atoms. The summed E-state index contributed by atoms with van der Waals surface area (Å²) in [6, 6.07) is 7.41. The molecule has 28 heavy (non-hydrogen) atoms.